The van der Waals surface area contributed by atoms with E-state index in [1.807, 2.05) is 42.5 Å². The summed E-state index contributed by atoms with van der Waals surface area (Å²) in [5.74, 6) is 0.120. The maximum atomic E-state index is 12.3. The second-order valence-corrected chi connectivity index (χ2v) is 7.70. The molecule has 0 fully saturated rings. The summed E-state index contributed by atoms with van der Waals surface area (Å²) in [6.07, 6.45) is 1.20. The molecule has 1 heterocycles. The normalized spacial score (nSPS) is 14.0. The number of aryl methyl sites for hydroxylation is 1. The second-order valence-electron chi connectivity index (χ2n) is 7.70. The Kier molecular flexibility index (Phi) is 4.72. The molecule has 1 aliphatic rings. The monoisotopic (exact) mass is 351 g/mol. The fourth-order valence-electron chi connectivity index (χ4n) is 3.08. The molecule has 0 atom stereocenters. The molecule has 5 nitrogen and oxygen atoms in total. The highest BCUT2D eigenvalue weighted by Crippen LogP contribution is 2.29. The quantitative estimate of drug-likeness (QED) is 0.834. The highest BCUT2D eigenvalue weighted by molar-refractivity contribution is 6.01. The Labute approximate surface area is 154 Å². The molecular formula is C21H25N3O2. The third kappa shape index (κ3) is 3.87. The van der Waals surface area contributed by atoms with Gasteiger partial charge in [0.05, 0.1) is 0 Å². The van der Waals surface area contributed by atoms with Gasteiger partial charge in [-0.15, -0.1) is 0 Å². The van der Waals surface area contributed by atoms with Crippen LogP contribution < -0.4 is 15.5 Å². The number of fused-ring (bicyclic) bond motifs is 1. The van der Waals surface area contributed by atoms with Crippen LogP contribution in [0.5, 0.6) is 0 Å². The number of hydrogen-bond acceptors (Lipinski definition) is 2. The van der Waals surface area contributed by atoms with E-state index in [4.69, 9.17) is 0 Å². The van der Waals surface area contributed by atoms with Crippen molar-refractivity contribution in [2.75, 3.05) is 22.6 Å². The summed E-state index contributed by atoms with van der Waals surface area (Å²) >= 11 is 0. The molecular weight excluding hydrogens is 326 g/mol. The minimum Gasteiger partial charge on any atom is -0.315 e. The van der Waals surface area contributed by atoms with E-state index in [0.29, 0.717) is 12.8 Å². The lowest BCUT2D eigenvalue weighted by atomic mass is 9.87. The number of nitrogens with zero attached hydrogens (tertiary/aromatic N) is 1. The second kappa shape index (κ2) is 6.83. The Morgan fingerprint density at radius 2 is 1.58 bits per heavy atom. The van der Waals surface area contributed by atoms with E-state index < -0.39 is 0 Å². The molecule has 3 rings (SSSR count). The van der Waals surface area contributed by atoms with Crippen LogP contribution in [0.1, 0.15) is 38.3 Å². The van der Waals surface area contributed by atoms with Crippen molar-refractivity contribution >= 4 is 29.0 Å². The molecule has 2 N–H and O–H groups in total. The molecule has 0 spiro atoms. The minimum absolute atomic E-state index is 0.0818. The van der Waals surface area contributed by atoms with Gasteiger partial charge in [0.15, 0.2) is 0 Å². The van der Waals surface area contributed by atoms with Crippen LogP contribution in [0.2, 0.25) is 0 Å². The molecule has 2 aromatic carbocycles. The molecule has 0 unspecified atom stereocenters. The van der Waals surface area contributed by atoms with E-state index in [1.165, 1.54) is 5.56 Å². The van der Waals surface area contributed by atoms with Gasteiger partial charge in [0.1, 0.15) is 0 Å². The first-order chi connectivity index (χ1) is 12.2. The van der Waals surface area contributed by atoms with Crippen LogP contribution in [0.25, 0.3) is 0 Å². The SMILES string of the molecule is CN1C(=O)CCc2cc(NC(=O)Nc3ccc(C(C)(C)C)cc3)ccc21. The third-order valence-electron chi connectivity index (χ3n) is 4.69. The minimum atomic E-state index is -0.284. The van der Waals surface area contributed by atoms with E-state index >= 15 is 0 Å². The fraction of sp³-hybridized carbons (Fsp3) is 0.333. The van der Waals surface area contributed by atoms with Crippen molar-refractivity contribution in [3.8, 4) is 0 Å². The standard InChI is InChI=1S/C21H25N3O2/c1-21(2,3)15-6-8-16(9-7-15)22-20(26)23-17-10-11-18-14(13-17)5-12-19(25)24(18)4/h6-11,13H,5,12H2,1-4H3,(H2,22,23,26). The Bertz CT molecular complexity index is 835. The van der Waals surface area contributed by atoms with Gasteiger partial charge in [-0.2, -0.15) is 0 Å². The molecule has 0 aromatic heterocycles. The molecule has 0 saturated heterocycles. The number of benzene rings is 2. The average molecular weight is 351 g/mol. The Hall–Kier alpha value is -2.82. The lowest BCUT2D eigenvalue weighted by Gasteiger charge is -2.26. The van der Waals surface area contributed by atoms with Gasteiger partial charge < -0.3 is 15.5 Å². The fourth-order valence-corrected chi connectivity index (χ4v) is 3.08. The highest BCUT2D eigenvalue weighted by Gasteiger charge is 2.21. The maximum Gasteiger partial charge on any atom is 0.323 e. The van der Waals surface area contributed by atoms with E-state index in [1.54, 1.807) is 11.9 Å². The van der Waals surface area contributed by atoms with Crippen LogP contribution in [0.4, 0.5) is 21.9 Å². The molecule has 1 aliphatic heterocycles. The zero-order valence-corrected chi connectivity index (χ0v) is 15.7. The van der Waals surface area contributed by atoms with Gasteiger partial charge in [-0.25, -0.2) is 4.79 Å². The lowest BCUT2D eigenvalue weighted by Crippen LogP contribution is -2.31. The Morgan fingerprint density at radius 1 is 0.962 bits per heavy atom. The number of urea groups is 1. The van der Waals surface area contributed by atoms with Crippen LogP contribution in [-0.4, -0.2) is 19.0 Å². The van der Waals surface area contributed by atoms with Gasteiger partial charge in [-0.05, 0) is 53.3 Å². The number of rotatable bonds is 2. The summed E-state index contributed by atoms with van der Waals surface area (Å²) in [7, 11) is 1.78. The summed E-state index contributed by atoms with van der Waals surface area (Å²) in [4.78, 5) is 25.7. The number of amides is 3. The van der Waals surface area contributed by atoms with E-state index in [2.05, 4.69) is 31.4 Å². The number of carbonyl (C=O) groups is 2. The molecule has 0 bridgehead atoms. The summed E-state index contributed by atoms with van der Waals surface area (Å²) in [5, 5.41) is 5.71. The van der Waals surface area contributed by atoms with Gasteiger partial charge >= 0.3 is 6.03 Å². The van der Waals surface area contributed by atoms with Crippen LogP contribution in [0.15, 0.2) is 42.5 Å². The summed E-state index contributed by atoms with van der Waals surface area (Å²) in [6, 6.07) is 13.2. The zero-order chi connectivity index (χ0) is 18.9. The number of anilines is 3. The largest absolute Gasteiger partial charge is 0.323 e. The molecule has 0 aliphatic carbocycles. The number of nitrogens with one attached hydrogen (secondary N) is 2. The molecule has 3 amide bonds. The topological polar surface area (TPSA) is 61.4 Å². The van der Waals surface area contributed by atoms with Crippen molar-refractivity contribution in [3.63, 3.8) is 0 Å². The molecule has 0 saturated carbocycles. The van der Waals surface area contributed by atoms with Crippen molar-refractivity contribution < 1.29 is 9.59 Å². The maximum absolute atomic E-state index is 12.3. The average Bonchev–Trinajstić information content (AvgIpc) is 2.58. The zero-order valence-electron chi connectivity index (χ0n) is 15.7. The van der Waals surface area contributed by atoms with E-state index in [-0.39, 0.29) is 17.4 Å². The molecule has 136 valence electrons. The van der Waals surface area contributed by atoms with Crippen LogP contribution >= 0.6 is 0 Å². The van der Waals surface area contributed by atoms with Gasteiger partial charge in [0.2, 0.25) is 5.91 Å². The van der Waals surface area contributed by atoms with Crippen molar-refractivity contribution in [2.45, 2.75) is 39.0 Å². The Morgan fingerprint density at radius 3 is 2.23 bits per heavy atom. The van der Waals surface area contributed by atoms with Gasteiger partial charge in [0, 0.05) is 30.5 Å². The van der Waals surface area contributed by atoms with E-state index in [9.17, 15) is 9.59 Å². The van der Waals surface area contributed by atoms with Crippen molar-refractivity contribution in [2.24, 2.45) is 0 Å². The summed E-state index contributed by atoms with van der Waals surface area (Å²) in [6.45, 7) is 6.47. The van der Waals surface area contributed by atoms with Crippen molar-refractivity contribution in [1.29, 1.82) is 0 Å². The smallest absolute Gasteiger partial charge is 0.315 e. The van der Waals surface area contributed by atoms with Crippen LogP contribution in [-0.2, 0) is 16.6 Å². The van der Waals surface area contributed by atoms with E-state index in [0.717, 1.165) is 22.6 Å². The van der Waals surface area contributed by atoms with Gasteiger partial charge in [-0.1, -0.05) is 32.9 Å². The van der Waals surface area contributed by atoms with Crippen molar-refractivity contribution in [3.05, 3.63) is 53.6 Å². The third-order valence-corrected chi connectivity index (χ3v) is 4.69. The first-order valence-corrected chi connectivity index (χ1v) is 8.82. The van der Waals surface area contributed by atoms with Crippen molar-refractivity contribution in [1.82, 2.24) is 0 Å². The van der Waals surface area contributed by atoms with Gasteiger partial charge in [-0.3, -0.25) is 4.79 Å². The number of carbonyl (C=O) groups excluding carboxylic acids is 2. The predicted molar refractivity (Wildman–Crippen MR) is 106 cm³/mol. The summed E-state index contributed by atoms with van der Waals surface area (Å²) in [5.41, 5.74) is 4.74. The highest BCUT2D eigenvalue weighted by atomic mass is 16.2. The Balaban J connectivity index is 1.66. The van der Waals surface area contributed by atoms with Crippen LogP contribution in [0.3, 0.4) is 0 Å². The first kappa shape index (κ1) is 18.0. The number of hydrogen-bond donors (Lipinski definition) is 2. The van der Waals surface area contributed by atoms with Crippen LogP contribution in [0, 0.1) is 0 Å². The molecule has 5 heteroatoms. The summed E-state index contributed by atoms with van der Waals surface area (Å²) < 4.78 is 0. The predicted octanol–water partition coefficient (Wildman–Crippen LogP) is 4.54. The van der Waals surface area contributed by atoms with Gasteiger partial charge in [0.25, 0.3) is 0 Å². The lowest BCUT2D eigenvalue weighted by molar-refractivity contribution is -0.118. The molecule has 26 heavy (non-hydrogen) atoms. The molecule has 2 aromatic rings. The molecule has 0 radical (unpaired) electrons. The first-order valence-electron chi connectivity index (χ1n) is 8.82.